The van der Waals surface area contributed by atoms with E-state index in [4.69, 9.17) is 20.7 Å². The summed E-state index contributed by atoms with van der Waals surface area (Å²) in [5.74, 6) is -1.39. The van der Waals surface area contributed by atoms with Gasteiger partial charge in [0.05, 0.1) is 6.61 Å². The molecular weight excluding hydrogens is 348 g/mol. The molecule has 11 nitrogen and oxygen atoms in total. The molecule has 0 aliphatic carbocycles. The van der Waals surface area contributed by atoms with Gasteiger partial charge in [0, 0.05) is 18.7 Å². The van der Waals surface area contributed by atoms with Crippen molar-refractivity contribution in [3.63, 3.8) is 0 Å². The number of aromatic amines is 2. The number of carboxylic acid groups (broad SMARTS) is 1. The van der Waals surface area contributed by atoms with Crippen LogP contribution in [0.25, 0.3) is 0 Å². The molecule has 0 spiro atoms. The first-order chi connectivity index (χ1) is 12.0. The number of carbonyl (C=O) groups is 2. The van der Waals surface area contributed by atoms with Gasteiger partial charge in [-0.3, -0.25) is 9.78 Å². The van der Waals surface area contributed by atoms with Crippen LogP contribution in [0.5, 0.6) is 0 Å². The number of rotatable bonds is 6. The Morgan fingerprint density at radius 2 is 1.81 bits per heavy atom. The van der Waals surface area contributed by atoms with E-state index < -0.39 is 34.6 Å². The van der Waals surface area contributed by atoms with Crippen molar-refractivity contribution < 1.29 is 24.5 Å². The summed E-state index contributed by atoms with van der Waals surface area (Å²) in [6, 6.07) is 0. The second kappa shape index (κ2) is 11.1. The van der Waals surface area contributed by atoms with Crippen LogP contribution < -0.4 is 22.3 Å². The van der Waals surface area contributed by atoms with Crippen LogP contribution in [0.1, 0.15) is 43.2 Å². The van der Waals surface area contributed by atoms with E-state index in [1.54, 1.807) is 20.8 Å². The van der Waals surface area contributed by atoms with Crippen LogP contribution in [0, 0.1) is 0 Å². The molecule has 148 valence electrons. The quantitative estimate of drug-likeness (QED) is 0.347. The summed E-state index contributed by atoms with van der Waals surface area (Å²) in [4.78, 5) is 49.2. The molecule has 1 aromatic rings. The van der Waals surface area contributed by atoms with E-state index in [1.807, 2.05) is 4.98 Å². The third-order valence-electron chi connectivity index (χ3n) is 2.66. The van der Waals surface area contributed by atoms with E-state index >= 15 is 0 Å². The van der Waals surface area contributed by atoms with Crippen molar-refractivity contribution in [3.05, 3.63) is 32.1 Å². The molecule has 0 unspecified atom stereocenters. The van der Waals surface area contributed by atoms with Crippen molar-refractivity contribution in [2.75, 3.05) is 19.7 Å². The number of aliphatic hydroxyl groups is 1. The van der Waals surface area contributed by atoms with E-state index in [2.05, 4.69) is 10.3 Å². The molecule has 0 atom stereocenters. The van der Waals surface area contributed by atoms with Crippen molar-refractivity contribution in [2.24, 2.45) is 5.73 Å². The van der Waals surface area contributed by atoms with Gasteiger partial charge in [-0.15, -0.1) is 0 Å². The average molecular weight is 374 g/mol. The molecule has 1 rings (SSSR count). The molecule has 0 fully saturated rings. The lowest BCUT2D eigenvalue weighted by molar-refractivity contribution is 0.0526. The number of alkyl carbamates (subject to hydrolysis) is 1. The molecule has 1 heterocycles. The first-order valence-electron chi connectivity index (χ1n) is 7.88. The summed E-state index contributed by atoms with van der Waals surface area (Å²) in [6.07, 6.45) is -0.195. The van der Waals surface area contributed by atoms with E-state index in [9.17, 15) is 19.2 Å². The van der Waals surface area contributed by atoms with Crippen LogP contribution in [0.15, 0.2) is 9.59 Å². The Morgan fingerprint density at radius 1 is 1.23 bits per heavy atom. The Bertz CT molecular complexity index is 701. The summed E-state index contributed by atoms with van der Waals surface area (Å²) in [7, 11) is 0. The second-order valence-electron chi connectivity index (χ2n) is 6.11. The number of hydrogen-bond donors (Lipinski definition) is 6. The summed E-state index contributed by atoms with van der Waals surface area (Å²) in [6.45, 7) is 5.86. The van der Waals surface area contributed by atoms with Crippen LogP contribution in [0.3, 0.4) is 0 Å². The fourth-order valence-corrected chi connectivity index (χ4v) is 1.70. The predicted octanol–water partition coefficient (Wildman–Crippen LogP) is -0.844. The number of nitrogens with one attached hydrogen (secondary N) is 3. The highest BCUT2D eigenvalue weighted by molar-refractivity contribution is 5.86. The van der Waals surface area contributed by atoms with Crippen molar-refractivity contribution in [1.82, 2.24) is 15.3 Å². The lowest BCUT2D eigenvalue weighted by Gasteiger charge is -2.19. The molecular formula is C15H26N4O7. The van der Waals surface area contributed by atoms with Gasteiger partial charge in [-0.2, -0.15) is 0 Å². The van der Waals surface area contributed by atoms with Gasteiger partial charge in [0.15, 0.2) is 0 Å². The van der Waals surface area contributed by atoms with E-state index in [-0.39, 0.29) is 25.1 Å². The van der Waals surface area contributed by atoms with Gasteiger partial charge in [-0.05, 0) is 33.6 Å². The smallest absolute Gasteiger partial charge is 0.407 e. The van der Waals surface area contributed by atoms with Crippen LogP contribution >= 0.6 is 0 Å². The molecule has 0 bridgehead atoms. The Hall–Kier alpha value is -2.66. The largest absolute Gasteiger partial charge is 0.477 e. The maximum absolute atomic E-state index is 11.6. The van der Waals surface area contributed by atoms with Crippen molar-refractivity contribution >= 4 is 12.1 Å². The van der Waals surface area contributed by atoms with E-state index in [0.717, 1.165) is 0 Å². The number of aliphatic hydroxyl groups excluding tert-OH is 1. The first-order valence-corrected chi connectivity index (χ1v) is 7.88. The predicted molar refractivity (Wildman–Crippen MR) is 93.3 cm³/mol. The Morgan fingerprint density at radius 3 is 2.27 bits per heavy atom. The number of carboxylic acids is 1. The molecule has 0 aromatic carbocycles. The molecule has 0 aliphatic heterocycles. The number of H-pyrrole nitrogens is 2. The Balaban J connectivity index is 0.00000141. The van der Waals surface area contributed by atoms with Gasteiger partial charge < -0.3 is 31.0 Å². The van der Waals surface area contributed by atoms with Crippen LogP contribution in [-0.4, -0.2) is 57.5 Å². The SMILES string of the molecule is CC(C)(C)OC(=O)NCCCc1c(C(=O)O)[nH]c(=O)[nH]c1=O.NCCO. The topological polar surface area (TPSA) is 188 Å². The molecule has 1 aromatic heterocycles. The fourth-order valence-electron chi connectivity index (χ4n) is 1.70. The van der Waals surface area contributed by atoms with Crippen molar-refractivity contribution in [2.45, 2.75) is 39.2 Å². The minimum Gasteiger partial charge on any atom is -0.477 e. The maximum atomic E-state index is 11.6. The van der Waals surface area contributed by atoms with Gasteiger partial charge >= 0.3 is 17.8 Å². The number of aromatic carboxylic acids is 1. The molecule has 11 heteroatoms. The standard InChI is InChI=1S/C13H19N3O6.C2H7NO/c1-13(2,3)22-12(21)14-6-4-5-7-8(10(18)19)15-11(20)16-9(7)17;3-1-2-4/h4-6H2,1-3H3,(H,14,21)(H,18,19)(H2,15,16,17,20);4H,1-3H2. The third kappa shape index (κ3) is 9.59. The molecule has 0 radical (unpaired) electrons. The Labute approximate surface area is 149 Å². The normalized spacial score (nSPS) is 10.5. The molecule has 0 aliphatic rings. The average Bonchev–Trinajstić information content (AvgIpc) is 2.51. The highest BCUT2D eigenvalue weighted by Gasteiger charge is 2.17. The molecule has 26 heavy (non-hydrogen) atoms. The number of aromatic nitrogens is 2. The lowest BCUT2D eigenvalue weighted by atomic mass is 10.1. The summed E-state index contributed by atoms with van der Waals surface area (Å²) >= 11 is 0. The highest BCUT2D eigenvalue weighted by atomic mass is 16.6. The maximum Gasteiger partial charge on any atom is 0.407 e. The number of carbonyl (C=O) groups excluding carboxylic acids is 1. The second-order valence-corrected chi connectivity index (χ2v) is 6.11. The van der Waals surface area contributed by atoms with E-state index in [1.165, 1.54) is 0 Å². The van der Waals surface area contributed by atoms with Gasteiger partial charge in [0.2, 0.25) is 0 Å². The number of nitrogens with two attached hydrogens (primary N) is 1. The van der Waals surface area contributed by atoms with Gasteiger partial charge in [0.25, 0.3) is 5.56 Å². The highest BCUT2D eigenvalue weighted by Crippen LogP contribution is 2.06. The fraction of sp³-hybridized carbons (Fsp3) is 0.600. The molecule has 0 saturated carbocycles. The zero-order chi connectivity index (χ0) is 20.3. The Kier molecular flexibility index (Phi) is 9.92. The summed E-state index contributed by atoms with van der Waals surface area (Å²) in [5, 5.41) is 19.2. The zero-order valence-electron chi connectivity index (χ0n) is 15.0. The van der Waals surface area contributed by atoms with Crippen molar-refractivity contribution in [3.8, 4) is 0 Å². The lowest BCUT2D eigenvalue weighted by Crippen LogP contribution is -2.34. The minimum absolute atomic E-state index is 0.0434. The van der Waals surface area contributed by atoms with E-state index in [0.29, 0.717) is 13.0 Å². The van der Waals surface area contributed by atoms with Gasteiger partial charge in [0.1, 0.15) is 11.3 Å². The summed E-state index contributed by atoms with van der Waals surface area (Å²) < 4.78 is 5.03. The van der Waals surface area contributed by atoms with Gasteiger partial charge in [-0.1, -0.05) is 0 Å². The number of ether oxygens (including phenoxy) is 1. The van der Waals surface area contributed by atoms with Crippen LogP contribution in [-0.2, 0) is 11.2 Å². The third-order valence-corrected chi connectivity index (χ3v) is 2.66. The van der Waals surface area contributed by atoms with Crippen molar-refractivity contribution in [1.29, 1.82) is 0 Å². The van der Waals surface area contributed by atoms with Gasteiger partial charge in [-0.25, -0.2) is 14.4 Å². The minimum atomic E-state index is -1.39. The van der Waals surface area contributed by atoms with Crippen LogP contribution in [0.2, 0.25) is 0 Å². The van der Waals surface area contributed by atoms with Crippen LogP contribution in [0.4, 0.5) is 4.79 Å². The number of amides is 1. The molecule has 0 saturated heterocycles. The molecule has 7 N–H and O–H groups in total. The monoisotopic (exact) mass is 374 g/mol. The summed E-state index contributed by atoms with van der Waals surface area (Å²) in [5.41, 5.74) is 2.05. The first kappa shape index (κ1) is 23.3. The number of hydrogen-bond acceptors (Lipinski definition) is 7. The zero-order valence-corrected chi connectivity index (χ0v) is 15.0. The molecule has 1 amide bonds.